The molecule has 0 amide bonds. The molecule has 0 aromatic heterocycles. The SMILES string of the molecule is Cc1ccc2c(c1)OC[C@H](O)CO2. The van der Waals surface area contributed by atoms with Crippen LogP contribution in [0.15, 0.2) is 18.2 Å². The van der Waals surface area contributed by atoms with Crippen LogP contribution in [-0.2, 0) is 0 Å². The number of ether oxygens (including phenoxy) is 2. The lowest BCUT2D eigenvalue weighted by Gasteiger charge is -2.06. The van der Waals surface area contributed by atoms with E-state index in [0.717, 1.165) is 11.3 Å². The molecule has 1 aromatic rings. The van der Waals surface area contributed by atoms with E-state index in [0.29, 0.717) is 19.0 Å². The molecule has 70 valence electrons. The summed E-state index contributed by atoms with van der Waals surface area (Å²) in [6.45, 7) is 2.59. The molecule has 0 saturated heterocycles. The van der Waals surface area contributed by atoms with E-state index in [1.54, 1.807) is 0 Å². The lowest BCUT2D eigenvalue weighted by molar-refractivity contribution is 0.0802. The lowest BCUT2D eigenvalue weighted by atomic mass is 10.2. The summed E-state index contributed by atoms with van der Waals surface area (Å²) in [4.78, 5) is 0. The highest BCUT2D eigenvalue weighted by molar-refractivity contribution is 5.43. The standard InChI is InChI=1S/C10H12O3/c1-7-2-3-9-10(4-7)13-6-8(11)5-12-9/h2-4,8,11H,5-6H2,1H3/t8-/m1/s1. The molecule has 3 heteroatoms. The number of aryl methyl sites for hydroxylation is 1. The van der Waals surface area contributed by atoms with Gasteiger partial charge in [-0.05, 0) is 24.6 Å². The number of benzene rings is 1. The van der Waals surface area contributed by atoms with E-state index < -0.39 is 6.10 Å². The van der Waals surface area contributed by atoms with Crippen molar-refractivity contribution in [3.05, 3.63) is 23.8 Å². The summed E-state index contributed by atoms with van der Waals surface area (Å²) in [5.74, 6) is 1.43. The van der Waals surface area contributed by atoms with E-state index in [4.69, 9.17) is 9.47 Å². The molecule has 13 heavy (non-hydrogen) atoms. The zero-order chi connectivity index (χ0) is 9.26. The number of fused-ring (bicyclic) bond motifs is 1. The highest BCUT2D eigenvalue weighted by Gasteiger charge is 2.15. The summed E-state index contributed by atoms with van der Waals surface area (Å²) in [5.41, 5.74) is 1.12. The first kappa shape index (κ1) is 8.38. The summed E-state index contributed by atoms with van der Waals surface area (Å²) in [5, 5.41) is 9.28. The van der Waals surface area contributed by atoms with Crippen LogP contribution in [0, 0.1) is 6.92 Å². The minimum absolute atomic E-state index is 0.302. The van der Waals surface area contributed by atoms with Crippen LogP contribution in [-0.4, -0.2) is 24.4 Å². The monoisotopic (exact) mass is 180 g/mol. The highest BCUT2D eigenvalue weighted by Crippen LogP contribution is 2.29. The van der Waals surface area contributed by atoms with Gasteiger partial charge in [-0.15, -0.1) is 0 Å². The Balaban J connectivity index is 2.30. The quantitative estimate of drug-likeness (QED) is 0.650. The Hall–Kier alpha value is -1.22. The minimum atomic E-state index is -0.535. The second kappa shape index (κ2) is 3.26. The fraction of sp³-hybridized carbons (Fsp3) is 0.400. The predicted molar refractivity (Wildman–Crippen MR) is 48.2 cm³/mol. The van der Waals surface area contributed by atoms with Crippen molar-refractivity contribution in [3.8, 4) is 11.5 Å². The Morgan fingerprint density at radius 1 is 1.23 bits per heavy atom. The zero-order valence-corrected chi connectivity index (χ0v) is 7.49. The minimum Gasteiger partial charge on any atom is -0.487 e. The molecular formula is C10H12O3. The average molecular weight is 180 g/mol. The van der Waals surface area contributed by atoms with Crippen LogP contribution in [0.25, 0.3) is 0 Å². The van der Waals surface area contributed by atoms with E-state index in [-0.39, 0.29) is 0 Å². The number of hydrogen-bond acceptors (Lipinski definition) is 3. The molecule has 1 N–H and O–H groups in total. The Morgan fingerprint density at radius 2 is 1.92 bits per heavy atom. The highest BCUT2D eigenvalue weighted by atomic mass is 16.5. The second-order valence-corrected chi connectivity index (χ2v) is 3.23. The largest absolute Gasteiger partial charge is 0.487 e. The molecule has 0 unspecified atom stereocenters. The van der Waals surface area contributed by atoms with Gasteiger partial charge >= 0.3 is 0 Å². The Labute approximate surface area is 76.9 Å². The first-order chi connectivity index (χ1) is 6.25. The Bertz CT molecular complexity index is 309. The molecule has 0 radical (unpaired) electrons. The maximum absolute atomic E-state index is 9.28. The van der Waals surface area contributed by atoms with Gasteiger partial charge in [0.1, 0.15) is 19.3 Å². The Morgan fingerprint density at radius 3 is 2.69 bits per heavy atom. The fourth-order valence-electron chi connectivity index (χ4n) is 1.27. The molecule has 1 heterocycles. The van der Waals surface area contributed by atoms with E-state index >= 15 is 0 Å². The first-order valence-corrected chi connectivity index (χ1v) is 4.30. The normalized spacial score (nSPS) is 20.9. The van der Waals surface area contributed by atoms with Crippen molar-refractivity contribution in [1.29, 1.82) is 0 Å². The van der Waals surface area contributed by atoms with Crippen molar-refractivity contribution < 1.29 is 14.6 Å². The number of aliphatic hydroxyl groups is 1. The third-order valence-electron chi connectivity index (χ3n) is 1.96. The average Bonchev–Trinajstić information content (AvgIpc) is 2.29. The van der Waals surface area contributed by atoms with Crippen LogP contribution in [0.1, 0.15) is 5.56 Å². The summed E-state index contributed by atoms with van der Waals surface area (Å²) in [6.07, 6.45) is -0.535. The van der Waals surface area contributed by atoms with Crippen LogP contribution < -0.4 is 9.47 Å². The van der Waals surface area contributed by atoms with Crippen LogP contribution in [0.5, 0.6) is 11.5 Å². The third kappa shape index (κ3) is 1.75. The van der Waals surface area contributed by atoms with E-state index in [1.807, 2.05) is 25.1 Å². The predicted octanol–water partition coefficient (Wildman–Crippen LogP) is 1.13. The van der Waals surface area contributed by atoms with Crippen LogP contribution >= 0.6 is 0 Å². The van der Waals surface area contributed by atoms with Crippen molar-refractivity contribution in [3.63, 3.8) is 0 Å². The molecule has 1 atom stereocenters. The summed E-state index contributed by atoms with van der Waals surface area (Å²) in [6, 6.07) is 5.73. The van der Waals surface area contributed by atoms with E-state index in [1.165, 1.54) is 0 Å². The molecule has 1 aliphatic heterocycles. The van der Waals surface area contributed by atoms with E-state index in [2.05, 4.69) is 0 Å². The third-order valence-corrected chi connectivity index (χ3v) is 1.96. The molecule has 2 rings (SSSR count). The topological polar surface area (TPSA) is 38.7 Å². The van der Waals surface area contributed by atoms with Crippen LogP contribution in [0.3, 0.4) is 0 Å². The van der Waals surface area contributed by atoms with Gasteiger partial charge in [0.25, 0.3) is 0 Å². The van der Waals surface area contributed by atoms with Gasteiger partial charge in [-0.3, -0.25) is 0 Å². The van der Waals surface area contributed by atoms with Crippen molar-refractivity contribution in [2.24, 2.45) is 0 Å². The van der Waals surface area contributed by atoms with Crippen LogP contribution in [0.4, 0.5) is 0 Å². The molecule has 0 saturated carbocycles. The van der Waals surface area contributed by atoms with Crippen molar-refractivity contribution in [2.75, 3.05) is 13.2 Å². The van der Waals surface area contributed by atoms with Crippen LogP contribution in [0.2, 0.25) is 0 Å². The van der Waals surface area contributed by atoms with E-state index in [9.17, 15) is 5.11 Å². The number of aliphatic hydroxyl groups excluding tert-OH is 1. The number of rotatable bonds is 0. The zero-order valence-electron chi connectivity index (χ0n) is 7.49. The van der Waals surface area contributed by atoms with Gasteiger partial charge in [0, 0.05) is 0 Å². The smallest absolute Gasteiger partial charge is 0.161 e. The van der Waals surface area contributed by atoms with Gasteiger partial charge < -0.3 is 14.6 Å². The maximum Gasteiger partial charge on any atom is 0.161 e. The van der Waals surface area contributed by atoms with Crippen molar-refractivity contribution in [2.45, 2.75) is 13.0 Å². The molecule has 0 spiro atoms. The molecule has 1 aromatic carbocycles. The fourth-order valence-corrected chi connectivity index (χ4v) is 1.27. The molecule has 0 fully saturated rings. The van der Waals surface area contributed by atoms with Gasteiger partial charge in [0.15, 0.2) is 11.5 Å². The van der Waals surface area contributed by atoms with Gasteiger partial charge in [0.05, 0.1) is 0 Å². The summed E-state index contributed by atoms with van der Waals surface area (Å²) < 4.78 is 10.7. The first-order valence-electron chi connectivity index (χ1n) is 4.30. The molecule has 0 aliphatic carbocycles. The van der Waals surface area contributed by atoms with Gasteiger partial charge in [0.2, 0.25) is 0 Å². The maximum atomic E-state index is 9.28. The number of hydrogen-bond donors (Lipinski definition) is 1. The molecule has 0 bridgehead atoms. The second-order valence-electron chi connectivity index (χ2n) is 3.23. The molecular weight excluding hydrogens is 168 g/mol. The van der Waals surface area contributed by atoms with Gasteiger partial charge in [-0.1, -0.05) is 6.07 Å². The lowest BCUT2D eigenvalue weighted by Crippen LogP contribution is -2.21. The van der Waals surface area contributed by atoms with Gasteiger partial charge in [-0.25, -0.2) is 0 Å². The summed E-state index contributed by atoms with van der Waals surface area (Å²) in [7, 11) is 0. The summed E-state index contributed by atoms with van der Waals surface area (Å²) >= 11 is 0. The molecule has 1 aliphatic rings. The van der Waals surface area contributed by atoms with Crippen molar-refractivity contribution in [1.82, 2.24) is 0 Å². The van der Waals surface area contributed by atoms with Gasteiger partial charge in [-0.2, -0.15) is 0 Å². The Kier molecular flexibility index (Phi) is 2.10. The molecule has 3 nitrogen and oxygen atoms in total. The van der Waals surface area contributed by atoms with Crippen molar-refractivity contribution >= 4 is 0 Å².